The number of alkyl halides is 3. The molecule has 5 nitrogen and oxygen atoms in total. The van der Waals surface area contributed by atoms with Crippen LogP contribution in [0.15, 0.2) is 60.8 Å². The van der Waals surface area contributed by atoms with Crippen LogP contribution in [-0.2, 0) is 29.2 Å². The van der Waals surface area contributed by atoms with Gasteiger partial charge in [-0.1, -0.05) is 36.4 Å². The summed E-state index contributed by atoms with van der Waals surface area (Å²) in [7, 11) is -2.69. The summed E-state index contributed by atoms with van der Waals surface area (Å²) >= 11 is 0. The fraction of sp³-hybridized carbons (Fsp3) is 0.182. The number of carbonyl (C=O) groups is 1. The monoisotopic (exact) mass is 448 g/mol. The maximum absolute atomic E-state index is 12.8. The topological polar surface area (TPSA) is 76.1 Å². The fourth-order valence-corrected chi connectivity index (χ4v) is 3.69. The molecule has 0 aliphatic rings. The number of nitrogens with zero attached hydrogens (tertiary/aromatic N) is 1. The first-order chi connectivity index (χ1) is 14.6. The van der Waals surface area contributed by atoms with Crippen LogP contribution in [0.2, 0.25) is 0 Å². The highest BCUT2D eigenvalue weighted by atomic mass is 32.2. The molecule has 9 heteroatoms. The Kier molecular flexibility index (Phi) is 6.74. The van der Waals surface area contributed by atoms with Gasteiger partial charge in [-0.3, -0.25) is 9.78 Å². The van der Waals surface area contributed by atoms with Crippen LogP contribution in [0.4, 0.5) is 13.2 Å². The average molecular weight is 448 g/mol. The second kappa shape index (κ2) is 9.30. The van der Waals surface area contributed by atoms with E-state index < -0.39 is 28.5 Å². The molecular formula is C22H19F3N2O3S. The molecule has 3 aromatic rings. The maximum Gasteiger partial charge on any atom is 0.433 e. The SMILES string of the molecule is Cc1c(C[SH](=O)=O)cc(-c2ccccc2)cc1C(=O)NCc1ccc(C(F)(F)F)nc1. The van der Waals surface area contributed by atoms with E-state index in [2.05, 4.69) is 10.3 Å². The molecule has 0 radical (unpaired) electrons. The number of aromatic nitrogens is 1. The lowest BCUT2D eigenvalue weighted by atomic mass is 9.95. The number of thiol groups is 1. The fourth-order valence-electron chi connectivity index (χ4n) is 3.09. The molecule has 31 heavy (non-hydrogen) atoms. The van der Waals surface area contributed by atoms with Crippen molar-refractivity contribution in [1.29, 1.82) is 0 Å². The lowest BCUT2D eigenvalue weighted by molar-refractivity contribution is -0.141. The van der Waals surface area contributed by atoms with Crippen LogP contribution in [0.25, 0.3) is 11.1 Å². The van der Waals surface area contributed by atoms with Crippen molar-refractivity contribution in [1.82, 2.24) is 10.3 Å². The normalized spacial score (nSPS) is 11.5. The van der Waals surface area contributed by atoms with Gasteiger partial charge in [0.05, 0.1) is 5.75 Å². The summed E-state index contributed by atoms with van der Waals surface area (Å²) in [6, 6.07) is 14.7. The largest absolute Gasteiger partial charge is 0.433 e. The van der Waals surface area contributed by atoms with Gasteiger partial charge in [-0.2, -0.15) is 13.2 Å². The molecule has 1 aromatic heterocycles. The molecule has 0 bridgehead atoms. The van der Waals surface area contributed by atoms with Gasteiger partial charge in [0.25, 0.3) is 5.91 Å². The van der Waals surface area contributed by atoms with Crippen LogP contribution in [0, 0.1) is 6.92 Å². The van der Waals surface area contributed by atoms with Crippen molar-refractivity contribution in [2.24, 2.45) is 0 Å². The van der Waals surface area contributed by atoms with Gasteiger partial charge in [0, 0.05) is 18.3 Å². The minimum Gasteiger partial charge on any atom is -0.348 e. The minimum atomic E-state index is -4.53. The van der Waals surface area contributed by atoms with Crippen molar-refractivity contribution < 1.29 is 26.4 Å². The highest BCUT2D eigenvalue weighted by Gasteiger charge is 2.32. The molecule has 162 valence electrons. The number of nitrogens with one attached hydrogen (secondary N) is 1. The molecule has 0 fully saturated rings. The van der Waals surface area contributed by atoms with E-state index in [0.717, 1.165) is 17.8 Å². The molecule has 0 aliphatic carbocycles. The Morgan fingerprint density at radius 3 is 2.32 bits per heavy atom. The highest BCUT2D eigenvalue weighted by Crippen LogP contribution is 2.28. The van der Waals surface area contributed by atoms with Crippen molar-refractivity contribution in [3.8, 4) is 11.1 Å². The number of amides is 1. The Labute approximate surface area is 178 Å². The molecule has 0 saturated carbocycles. The second-order valence-electron chi connectivity index (χ2n) is 6.90. The van der Waals surface area contributed by atoms with Crippen molar-refractivity contribution in [2.75, 3.05) is 0 Å². The van der Waals surface area contributed by atoms with Gasteiger partial charge in [-0.25, -0.2) is 8.42 Å². The molecule has 0 unspecified atom stereocenters. The first kappa shape index (κ1) is 22.5. The summed E-state index contributed by atoms with van der Waals surface area (Å²) in [5.41, 5.74) is 2.26. The van der Waals surface area contributed by atoms with Crippen molar-refractivity contribution >= 4 is 16.6 Å². The Hall–Kier alpha value is -3.20. The third kappa shape index (κ3) is 5.69. The summed E-state index contributed by atoms with van der Waals surface area (Å²) in [4.78, 5) is 16.2. The molecule has 0 aliphatic heterocycles. The third-order valence-corrected chi connectivity index (χ3v) is 5.33. The predicted molar refractivity (Wildman–Crippen MR) is 111 cm³/mol. The molecular weight excluding hydrogens is 429 g/mol. The molecule has 1 amide bonds. The van der Waals surface area contributed by atoms with Gasteiger partial charge in [-0.15, -0.1) is 0 Å². The van der Waals surface area contributed by atoms with Gasteiger partial charge in [0.1, 0.15) is 16.4 Å². The summed E-state index contributed by atoms with van der Waals surface area (Å²) < 4.78 is 60.5. The lowest BCUT2D eigenvalue weighted by Gasteiger charge is -2.14. The molecule has 2 aromatic carbocycles. The van der Waals surface area contributed by atoms with Crippen LogP contribution in [0.3, 0.4) is 0 Å². The van der Waals surface area contributed by atoms with Crippen molar-refractivity contribution in [3.05, 3.63) is 88.7 Å². The van der Waals surface area contributed by atoms with Crippen LogP contribution in [0.1, 0.15) is 32.7 Å². The smallest absolute Gasteiger partial charge is 0.348 e. The van der Waals surface area contributed by atoms with Crippen LogP contribution >= 0.6 is 0 Å². The Morgan fingerprint density at radius 1 is 1.03 bits per heavy atom. The molecule has 1 heterocycles. The number of hydrogen-bond acceptors (Lipinski definition) is 4. The summed E-state index contributed by atoms with van der Waals surface area (Å²) in [5.74, 6) is -0.664. The van der Waals surface area contributed by atoms with E-state index in [1.54, 1.807) is 19.1 Å². The van der Waals surface area contributed by atoms with E-state index in [4.69, 9.17) is 0 Å². The number of pyridine rings is 1. The van der Waals surface area contributed by atoms with Gasteiger partial charge in [0.2, 0.25) is 0 Å². The minimum absolute atomic E-state index is 0.0237. The van der Waals surface area contributed by atoms with E-state index >= 15 is 0 Å². The van der Waals surface area contributed by atoms with E-state index in [1.165, 1.54) is 6.07 Å². The molecule has 0 atom stereocenters. The van der Waals surface area contributed by atoms with Gasteiger partial charge < -0.3 is 5.32 Å². The maximum atomic E-state index is 12.8. The van der Waals surface area contributed by atoms with Gasteiger partial charge >= 0.3 is 6.18 Å². The zero-order chi connectivity index (χ0) is 22.6. The number of carbonyl (C=O) groups excluding carboxylic acids is 1. The van der Waals surface area contributed by atoms with E-state index in [-0.39, 0.29) is 12.3 Å². The second-order valence-corrected chi connectivity index (χ2v) is 7.88. The Bertz CT molecular complexity index is 1150. The molecule has 1 N–H and O–H groups in total. The Morgan fingerprint density at radius 2 is 1.74 bits per heavy atom. The van der Waals surface area contributed by atoms with Crippen LogP contribution < -0.4 is 5.32 Å². The van der Waals surface area contributed by atoms with Crippen molar-refractivity contribution in [2.45, 2.75) is 25.4 Å². The molecule has 3 rings (SSSR count). The number of benzene rings is 2. The zero-order valence-electron chi connectivity index (χ0n) is 16.4. The average Bonchev–Trinajstić information content (AvgIpc) is 2.73. The van der Waals surface area contributed by atoms with Crippen LogP contribution in [0.5, 0.6) is 0 Å². The lowest BCUT2D eigenvalue weighted by Crippen LogP contribution is -2.24. The highest BCUT2D eigenvalue weighted by molar-refractivity contribution is 7.71. The van der Waals surface area contributed by atoms with Crippen LogP contribution in [-0.4, -0.2) is 19.3 Å². The number of hydrogen-bond donors (Lipinski definition) is 2. The zero-order valence-corrected chi connectivity index (χ0v) is 17.3. The molecule has 0 saturated heterocycles. The van der Waals surface area contributed by atoms with E-state index in [0.29, 0.717) is 27.8 Å². The third-order valence-electron chi connectivity index (χ3n) is 4.73. The van der Waals surface area contributed by atoms with Crippen molar-refractivity contribution in [3.63, 3.8) is 0 Å². The summed E-state index contributed by atoms with van der Waals surface area (Å²) in [5, 5.41) is 2.66. The first-order valence-corrected chi connectivity index (χ1v) is 10.6. The Balaban J connectivity index is 1.87. The standard InChI is InChI=1S/C22H19F3N2O3S/c1-14-18(13-31(29)30)9-17(16-5-3-2-4-6-16)10-19(14)21(28)27-12-15-7-8-20(26-11-15)22(23,24)25/h2-11,31H,12-13H2,1H3,(H,27,28). The number of halogens is 3. The first-order valence-electron chi connectivity index (χ1n) is 9.26. The van der Waals surface area contributed by atoms with E-state index in [9.17, 15) is 26.4 Å². The van der Waals surface area contributed by atoms with E-state index in [1.807, 2.05) is 30.3 Å². The number of rotatable bonds is 6. The quantitative estimate of drug-likeness (QED) is 0.557. The van der Waals surface area contributed by atoms with Gasteiger partial charge in [-0.05, 0) is 52.9 Å². The summed E-state index contributed by atoms with van der Waals surface area (Å²) in [6.45, 7) is 1.64. The van der Waals surface area contributed by atoms with Gasteiger partial charge in [0.15, 0.2) is 0 Å². The predicted octanol–water partition coefficient (Wildman–Crippen LogP) is 4.12. The molecule has 0 spiro atoms. The summed E-state index contributed by atoms with van der Waals surface area (Å²) in [6.07, 6.45) is -3.47.